The van der Waals surface area contributed by atoms with Crippen LogP contribution < -0.4 is 9.64 Å². The predicted molar refractivity (Wildman–Crippen MR) is 110 cm³/mol. The van der Waals surface area contributed by atoms with Crippen LogP contribution in [0.5, 0.6) is 5.75 Å². The highest BCUT2D eigenvalue weighted by Crippen LogP contribution is 2.35. The fourth-order valence-electron chi connectivity index (χ4n) is 2.72. The van der Waals surface area contributed by atoms with E-state index in [9.17, 15) is 4.79 Å². The van der Waals surface area contributed by atoms with E-state index in [0.717, 1.165) is 14.7 Å². The molecule has 0 N–H and O–H groups in total. The third-order valence-corrected chi connectivity index (χ3v) is 5.62. The number of thiazole rings is 1. The first-order chi connectivity index (χ1) is 13.2. The van der Waals surface area contributed by atoms with Gasteiger partial charge in [-0.25, -0.2) is 4.98 Å². The highest BCUT2D eigenvalue weighted by atomic mass is 79.9. The maximum Gasteiger partial charge on any atom is 0.260 e. The molecule has 7 heteroatoms. The minimum Gasteiger partial charge on any atom is -0.494 e. The van der Waals surface area contributed by atoms with Gasteiger partial charge in [0.2, 0.25) is 0 Å². The van der Waals surface area contributed by atoms with Gasteiger partial charge in [-0.3, -0.25) is 9.69 Å². The Morgan fingerprint density at radius 1 is 1.19 bits per heavy atom. The molecule has 0 radical (unpaired) electrons. The minimum absolute atomic E-state index is 0.142. The zero-order valence-electron chi connectivity index (χ0n) is 14.4. The van der Waals surface area contributed by atoms with Crippen molar-refractivity contribution < 1.29 is 13.9 Å². The SMILES string of the molecule is COc1cccc2sc(N(Cc3ccco3)C(=O)c3ccc(Br)cc3)nc12. The van der Waals surface area contributed by atoms with Gasteiger partial charge in [-0.2, -0.15) is 0 Å². The fraction of sp³-hybridized carbons (Fsp3) is 0.100. The number of hydrogen-bond acceptors (Lipinski definition) is 5. The highest BCUT2D eigenvalue weighted by molar-refractivity contribution is 9.10. The lowest BCUT2D eigenvalue weighted by Gasteiger charge is -2.18. The van der Waals surface area contributed by atoms with E-state index in [1.807, 2.05) is 36.4 Å². The number of rotatable bonds is 5. The Bertz CT molecular complexity index is 1070. The number of ether oxygens (including phenoxy) is 1. The van der Waals surface area contributed by atoms with Crippen molar-refractivity contribution >= 4 is 48.5 Å². The number of halogens is 1. The summed E-state index contributed by atoms with van der Waals surface area (Å²) in [5, 5.41) is 0.596. The van der Waals surface area contributed by atoms with Crippen molar-refractivity contribution in [2.45, 2.75) is 6.54 Å². The van der Waals surface area contributed by atoms with Crippen LogP contribution in [0, 0.1) is 0 Å². The van der Waals surface area contributed by atoms with E-state index in [2.05, 4.69) is 20.9 Å². The van der Waals surface area contributed by atoms with E-state index in [-0.39, 0.29) is 5.91 Å². The first-order valence-corrected chi connectivity index (χ1v) is 9.80. The van der Waals surface area contributed by atoms with Crippen molar-refractivity contribution in [1.82, 2.24) is 4.98 Å². The monoisotopic (exact) mass is 442 g/mol. The molecule has 0 atom stereocenters. The van der Waals surface area contributed by atoms with Gasteiger partial charge in [0.05, 0.1) is 24.6 Å². The average Bonchev–Trinajstić information content (AvgIpc) is 3.35. The first kappa shape index (κ1) is 17.8. The Balaban J connectivity index is 1.78. The summed E-state index contributed by atoms with van der Waals surface area (Å²) in [5.74, 6) is 1.23. The van der Waals surface area contributed by atoms with Crippen LogP contribution in [0.2, 0.25) is 0 Å². The molecule has 0 aliphatic carbocycles. The number of para-hydroxylation sites is 1. The van der Waals surface area contributed by atoms with Crippen LogP contribution in [0.4, 0.5) is 5.13 Å². The normalized spacial score (nSPS) is 10.9. The number of aromatic nitrogens is 1. The van der Waals surface area contributed by atoms with Gasteiger partial charge in [0.25, 0.3) is 5.91 Å². The summed E-state index contributed by atoms with van der Waals surface area (Å²) >= 11 is 4.85. The zero-order valence-corrected chi connectivity index (χ0v) is 16.8. The molecule has 136 valence electrons. The second kappa shape index (κ2) is 7.54. The summed E-state index contributed by atoms with van der Waals surface area (Å²) < 4.78 is 12.7. The third-order valence-electron chi connectivity index (χ3n) is 4.05. The number of amides is 1. The average molecular weight is 443 g/mol. The number of fused-ring (bicyclic) bond motifs is 1. The standard InChI is InChI=1S/C20H15BrN2O3S/c1-25-16-5-2-6-17-18(16)22-20(27-17)23(12-15-4-3-11-26-15)19(24)13-7-9-14(21)10-8-13/h2-11H,12H2,1H3. The maximum atomic E-state index is 13.2. The van der Waals surface area contributed by atoms with E-state index < -0.39 is 0 Å². The van der Waals surface area contributed by atoms with Gasteiger partial charge in [-0.15, -0.1) is 0 Å². The Kier molecular flexibility index (Phi) is 4.96. The van der Waals surface area contributed by atoms with Crippen molar-refractivity contribution in [2.24, 2.45) is 0 Å². The van der Waals surface area contributed by atoms with E-state index in [1.165, 1.54) is 11.3 Å². The fourth-order valence-corrected chi connectivity index (χ4v) is 3.97. The third kappa shape index (κ3) is 3.61. The number of anilines is 1. The van der Waals surface area contributed by atoms with Gasteiger partial charge in [0, 0.05) is 10.0 Å². The molecule has 4 rings (SSSR count). The summed E-state index contributed by atoms with van der Waals surface area (Å²) in [5.41, 5.74) is 1.32. The lowest BCUT2D eigenvalue weighted by atomic mass is 10.2. The molecule has 4 aromatic rings. The Morgan fingerprint density at radius 3 is 2.70 bits per heavy atom. The second-order valence-corrected chi connectivity index (χ2v) is 7.71. The number of furan rings is 1. The number of benzene rings is 2. The molecule has 0 saturated carbocycles. The van der Waals surface area contributed by atoms with Crippen LogP contribution in [0.25, 0.3) is 10.2 Å². The predicted octanol–water partition coefficient (Wildman–Crippen LogP) is 5.51. The molecule has 2 aromatic heterocycles. The number of hydrogen-bond donors (Lipinski definition) is 0. The quantitative estimate of drug-likeness (QED) is 0.408. The molecule has 0 aliphatic heterocycles. The summed E-state index contributed by atoms with van der Waals surface area (Å²) in [6.45, 7) is 0.296. The summed E-state index contributed by atoms with van der Waals surface area (Å²) in [4.78, 5) is 19.5. The molecule has 5 nitrogen and oxygen atoms in total. The van der Waals surface area contributed by atoms with Gasteiger partial charge < -0.3 is 9.15 Å². The molecule has 0 aliphatic rings. The smallest absolute Gasteiger partial charge is 0.260 e. The van der Waals surface area contributed by atoms with Crippen LogP contribution in [-0.2, 0) is 6.54 Å². The number of nitrogens with zero attached hydrogens (tertiary/aromatic N) is 2. The topological polar surface area (TPSA) is 55.6 Å². The van der Waals surface area contributed by atoms with Crippen molar-refractivity contribution in [3.05, 3.63) is 76.7 Å². The molecule has 0 bridgehead atoms. The molecule has 0 saturated heterocycles. The number of carbonyl (C=O) groups excluding carboxylic acids is 1. The Labute approximate surface area is 168 Å². The molecular formula is C20H15BrN2O3S. The van der Waals surface area contributed by atoms with E-state index in [4.69, 9.17) is 9.15 Å². The Hall–Kier alpha value is -2.64. The minimum atomic E-state index is -0.142. The molecule has 0 spiro atoms. The van der Waals surface area contributed by atoms with Gasteiger partial charge >= 0.3 is 0 Å². The number of carbonyl (C=O) groups is 1. The molecular weight excluding hydrogens is 428 g/mol. The Morgan fingerprint density at radius 2 is 2.00 bits per heavy atom. The van der Waals surface area contributed by atoms with Crippen LogP contribution >= 0.6 is 27.3 Å². The first-order valence-electron chi connectivity index (χ1n) is 8.19. The maximum absolute atomic E-state index is 13.2. The molecule has 2 aromatic carbocycles. The van der Waals surface area contributed by atoms with Gasteiger partial charge in [0.1, 0.15) is 17.0 Å². The van der Waals surface area contributed by atoms with Gasteiger partial charge in [-0.05, 0) is 48.5 Å². The molecule has 0 fully saturated rings. The second-order valence-electron chi connectivity index (χ2n) is 5.78. The lowest BCUT2D eigenvalue weighted by Crippen LogP contribution is -2.30. The lowest BCUT2D eigenvalue weighted by molar-refractivity contribution is 0.0983. The van der Waals surface area contributed by atoms with Crippen molar-refractivity contribution in [3.63, 3.8) is 0 Å². The van der Waals surface area contributed by atoms with Crippen molar-refractivity contribution in [3.8, 4) is 5.75 Å². The van der Waals surface area contributed by atoms with Gasteiger partial charge in [-0.1, -0.05) is 33.3 Å². The van der Waals surface area contributed by atoms with Crippen LogP contribution in [0.1, 0.15) is 16.1 Å². The van der Waals surface area contributed by atoms with Crippen molar-refractivity contribution in [2.75, 3.05) is 12.0 Å². The van der Waals surface area contributed by atoms with E-state index in [1.54, 1.807) is 36.5 Å². The molecule has 27 heavy (non-hydrogen) atoms. The van der Waals surface area contributed by atoms with Crippen LogP contribution in [-0.4, -0.2) is 18.0 Å². The van der Waals surface area contributed by atoms with Crippen LogP contribution in [0.15, 0.2) is 69.8 Å². The highest BCUT2D eigenvalue weighted by Gasteiger charge is 2.23. The zero-order chi connectivity index (χ0) is 18.8. The summed E-state index contributed by atoms with van der Waals surface area (Å²) in [7, 11) is 1.61. The number of methoxy groups -OCH3 is 1. The summed E-state index contributed by atoms with van der Waals surface area (Å²) in [6.07, 6.45) is 1.60. The van der Waals surface area contributed by atoms with Gasteiger partial charge in [0.15, 0.2) is 5.13 Å². The molecule has 0 unspecified atom stereocenters. The molecule has 1 amide bonds. The van der Waals surface area contributed by atoms with E-state index in [0.29, 0.717) is 28.7 Å². The largest absolute Gasteiger partial charge is 0.494 e. The van der Waals surface area contributed by atoms with Crippen molar-refractivity contribution in [1.29, 1.82) is 0 Å². The molecule has 2 heterocycles. The summed E-state index contributed by atoms with van der Waals surface area (Å²) in [6, 6.07) is 16.7. The van der Waals surface area contributed by atoms with Crippen LogP contribution in [0.3, 0.4) is 0 Å². The van der Waals surface area contributed by atoms with E-state index >= 15 is 0 Å².